The van der Waals surface area contributed by atoms with Crippen LogP contribution in [0.1, 0.15) is 44.9 Å². The monoisotopic (exact) mass is 393 g/mol. The second kappa shape index (κ2) is 11.8. The van der Waals surface area contributed by atoms with Crippen molar-refractivity contribution in [3.63, 3.8) is 0 Å². The fourth-order valence-corrected chi connectivity index (χ4v) is 5.46. The summed E-state index contributed by atoms with van der Waals surface area (Å²) in [5, 5.41) is 0. The molecule has 5 nitrogen and oxygen atoms in total. The number of likely N-dealkylation sites (tertiary alicyclic amines) is 3. The van der Waals surface area contributed by atoms with Crippen molar-refractivity contribution in [2.45, 2.75) is 51.0 Å². The SMILES string of the molecule is CN1CCC(N2CCCCC2)CC1.CN1CCN(CC2CCCN(C)C2)CC1. The molecule has 0 saturated carbocycles. The van der Waals surface area contributed by atoms with E-state index in [9.17, 15) is 0 Å². The highest BCUT2D eigenvalue weighted by molar-refractivity contribution is 4.80. The molecule has 0 aromatic heterocycles. The lowest BCUT2D eigenvalue weighted by atomic mass is 9.97. The molecule has 4 heterocycles. The van der Waals surface area contributed by atoms with E-state index in [0.29, 0.717) is 0 Å². The van der Waals surface area contributed by atoms with Gasteiger partial charge in [0.15, 0.2) is 0 Å². The molecule has 5 heteroatoms. The highest BCUT2D eigenvalue weighted by Gasteiger charge is 2.24. The zero-order chi connectivity index (χ0) is 19.8. The molecule has 1 atom stereocenters. The number of hydrogen-bond donors (Lipinski definition) is 0. The van der Waals surface area contributed by atoms with Crippen molar-refractivity contribution in [1.82, 2.24) is 24.5 Å². The third-order valence-corrected chi connectivity index (χ3v) is 7.43. The number of hydrogen-bond acceptors (Lipinski definition) is 5. The Balaban J connectivity index is 0.000000162. The van der Waals surface area contributed by atoms with Crippen LogP contribution in [0.3, 0.4) is 0 Å². The van der Waals surface area contributed by atoms with Gasteiger partial charge in [-0.25, -0.2) is 0 Å². The first kappa shape index (κ1) is 22.5. The summed E-state index contributed by atoms with van der Waals surface area (Å²) in [6.07, 6.45) is 9.97. The summed E-state index contributed by atoms with van der Waals surface area (Å²) in [5.41, 5.74) is 0. The quantitative estimate of drug-likeness (QED) is 0.728. The van der Waals surface area contributed by atoms with E-state index in [4.69, 9.17) is 0 Å². The first-order valence-corrected chi connectivity index (χ1v) is 12.1. The van der Waals surface area contributed by atoms with Crippen LogP contribution >= 0.6 is 0 Å². The summed E-state index contributed by atoms with van der Waals surface area (Å²) in [5.74, 6) is 0.923. The van der Waals surface area contributed by atoms with Gasteiger partial charge in [0.2, 0.25) is 0 Å². The Morgan fingerprint density at radius 2 is 1.21 bits per heavy atom. The molecular weight excluding hydrogens is 346 g/mol. The topological polar surface area (TPSA) is 16.2 Å². The van der Waals surface area contributed by atoms with E-state index in [-0.39, 0.29) is 0 Å². The van der Waals surface area contributed by atoms with E-state index >= 15 is 0 Å². The lowest BCUT2D eigenvalue weighted by Crippen LogP contribution is -2.48. The van der Waals surface area contributed by atoms with Crippen LogP contribution in [0.5, 0.6) is 0 Å². The molecule has 4 saturated heterocycles. The van der Waals surface area contributed by atoms with Crippen molar-refractivity contribution < 1.29 is 0 Å². The van der Waals surface area contributed by atoms with Crippen LogP contribution in [0, 0.1) is 5.92 Å². The molecule has 4 aliphatic rings. The predicted octanol–water partition coefficient (Wildman–Crippen LogP) is 2.14. The molecule has 4 aliphatic heterocycles. The van der Waals surface area contributed by atoms with Crippen LogP contribution in [0.4, 0.5) is 0 Å². The summed E-state index contributed by atoms with van der Waals surface area (Å²) in [4.78, 5) is 12.8. The molecule has 0 amide bonds. The lowest BCUT2D eigenvalue weighted by molar-refractivity contribution is 0.103. The molecule has 0 aromatic rings. The first-order valence-electron chi connectivity index (χ1n) is 12.1. The maximum atomic E-state index is 2.73. The van der Waals surface area contributed by atoms with Gasteiger partial charge in [-0.05, 0) is 98.3 Å². The zero-order valence-corrected chi connectivity index (χ0v) is 19.1. The molecule has 0 aliphatic carbocycles. The van der Waals surface area contributed by atoms with Crippen molar-refractivity contribution >= 4 is 0 Å². The molecule has 0 N–H and O–H groups in total. The van der Waals surface area contributed by atoms with Gasteiger partial charge in [0.25, 0.3) is 0 Å². The number of piperazine rings is 1. The van der Waals surface area contributed by atoms with Crippen LogP contribution in [0.2, 0.25) is 0 Å². The normalized spacial score (nSPS) is 30.8. The molecule has 4 fully saturated rings. The van der Waals surface area contributed by atoms with Crippen LogP contribution < -0.4 is 0 Å². The minimum atomic E-state index is 0.913. The maximum Gasteiger partial charge on any atom is 0.0120 e. The highest BCUT2D eigenvalue weighted by atomic mass is 15.2. The van der Waals surface area contributed by atoms with Gasteiger partial charge in [0, 0.05) is 45.3 Å². The third-order valence-electron chi connectivity index (χ3n) is 7.43. The Kier molecular flexibility index (Phi) is 9.52. The molecule has 0 radical (unpaired) electrons. The van der Waals surface area contributed by atoms with Crippen LogP contribution in [0.25, 0.3) is 0 Å². The second-order valence-electron chi connectivity index (χ2n) is 10.0. The van der Waals surface area contributed by atoms with Gasteiger partial charge in [-0.3, -0.25) is 0 Å². The standard InChI is InChI=1S/C12H25N3.C11H22N2/c1-13-6-8-15(9-7-13)11-12-4-3-5-14(2)10-12;1-12-9-5-11(6-10-12)13-7-3-2-4-8-13/h12H,3-11H2,1-2H3;11H,2-10H2,1H3. The summed E-state index contributed by atoms with van der Waals surface area (Å²) in [6.45, 7) is 14.4. The Labute approximate surface area is 175 Å². The molecule has 0 bridgehead atoms. The predicted molar refractivity (Wildman–Crippen MR) is 120 cm³/mol. The van der Waals surface area contributed by atoms with E-state index in [1.165, 1.54) is 117 Å². The summed E-state index contributed by atoms with van der Waals surface area (Å²) in [6, 6.07) is 0.913. The first-order chi connectivity index (χ1) is 13.6. The zero-order valence-electron chi connectivity index (χ0n) is 19.1. The van der Waals surface area contributed by atoms with E-state index in [1.54, 1.807) is 0 Å². The van der Waals surface area contributed by atoms with Crippen molar-refractivity contribution in [3.8, 4) is 0 Å². The Hall–Kier alpha value is -0.200. The van der Waals surface area contributed by atoms with Crippen molar-refractivity contribution in [1.29, 1.82) is 0 Å². The van der Waals surface area contributed by atoms with Crippen molar-refractivity contribution in [2.75, 3.05) is 93.1 Å². The highest BCUT2D eigenvalue weighted by Crippen LogP contribution is 2.20. The molecule has 1 unspecified atom stereocenters. The van der Waals surface area contributed by atoms with Gasteiger partial charge >= 0.3 is 0 Å². The average molecular weight is 394 g/mol. The van der Waals surface area contributed by atoms with E-state index in [2.05, 4.69) is 45.6 Å². The van der Waals surface area contributed by atoms with Gasteiger partial charge in [-0.15, -0.1) is 0 Å². The summed E-state index contributed by atoms with van der Waals surface area (Å²) >= 11 is 0. The smallest absolute Gasteiger partial charge is 0.0120 e. The maximum absolute atomic E-state index is 2.73. The van der Waals surface area contributed by atoms with Gasteiger partial charge in [0.05, 0.1) is 0 Å². The fraction of sp³-hybridized carbons (Fsp3) is 1.00. The van der Waals surface area contributed by atoms with Crippen molar-refractivity contribution in [3.05, 3.63) is 0 Å². The number of nitrogens with zero attached hydrogens (tertiary/aromatic N) is 5. The van der Waals surface area contributed by atoms with Gasteiger partial charge in [-0.2, -0.15) is 0 Å². The largest absolute Gasteiger partial charge is 0.306 e. The van der Waals surface area contributed by atoms with Gasteiger partial charge < -0.3 is 24.5 Å². The Morgan fingerprint density at radius 3 is 1.86 bits per heavy atom. The fourth-order valence-electron chi connectivity index (χ4n) is 5.46. The molecular formula is C23H47N5. The molecule has 28 heavy (non-hydrogen) atoms. The second-order valence-corrected chi connectivity index (χ2v) is 10.0. The van der Waals surface area contributed by atoms with E-state index < -0.39 is 0 Å². The number of piperidine rings is 3. The van der Waals surface area contributed by atoms with Crippen LogP contribution in [0.15, 0.2) is 0 Å². The van der Waals surface area contributed by atoms with Crippen LogP contribution in [-0.4, -0.2) is 124 Å². The van der Waals surface area contributed by atoms with Crippen LogP contribution in [-0.2, 0) is 0 Å². The van der Waals surface area contributed by atoms with E-state index in [1.807, 2.05) is 0 Å². The number of likely N-dealkylation sites (N-methyl/N-ethyl adjacent to an activating group) is 1. The summed E-state index contributed by atoms with van der Waals surface area (Å²) in [7, 11) is 6.73. The number of rotatable bonds is 3. The molecule has 0 aromatic carbocycles. The average Bonchev–Trinajstić information content (AvgIpc) is 2.72. The Bertz CT molecular complexity index is 409. The minimum absolute atomic E-state index is 0.913. The third kappa shape index (κ3) is 7.56. The summed E-state index contributed by atoms with van der Waals surface area (Å²) < 4.78 is 0. The Morgan fingerprint density at radius 1 is 0.571 bits per heavy atom. The minimum Gasteiger partial charge on any atom is -0.306 e. The molecule has 0 spiro atoms. The van der Waals surface area contributed by atoms with E-state index in [0.717, 1.165) is 12.0 Å². The van der Waals surface area contributed by atoms with Crippen molar-refractivity contribution in [2.24, 2.45) is 5.92 Å². The lowest BCUT2D eigenvalue weighted by Gasteiger charge is -2.39. The van der Waals surface area contributed by atoms with Gasteiger partial charge in [0.1, 0.15) is 0 Å². The molecule has 164 valence electrons. The van der Waals surface area contributed by atoms with Gasteiger partial charge in [-0.1, -0.05) is 6.42 Å². The molecule has 4 rings (SSSR count).